The highest BCUT2D eigenvalue weighted by Crippen LogP contribution is 2.35. The summed E-state index contributed by atoms with van der Waals surface area (Å²) in [6.45, 7) is 7.36. The SMILES string of the molecule is Cc1nc2ccccc2c(=O)n1/N=C/c1cc(C(C)(C)C)cc([N+](=O)[O-])c1O. The number of aromatic nitrogens is 2. The summed E-state index contributed by atoms with van der Waals surface area (Å²) in [7, 11) is 0. The van der Waals surface area contributed by atoms with Crippen LogP contribution in [-0.2, 0) is 5.41 Å². The first-order valence-electron chi connectivity index (χ1n) is 8.64. The summed E-state index contributed by atoms with van der Waals surface area (Å²) in [5.41, 5.74) is 0.232. The van der Waals surface area contributed by atoms with E-state index in [-0.39, 0.29) is 16.5 Å². The number of nitrogens with zero attached hydrogens (tertiary/aromatic N) is 4. The molecule has 0 aliphatic heterocycles. The molecule has 0 saturated heterocycles. The topological polar surface area (TPSA) is 111 Å². The second-order valence-corrected chi connectivity index (χ2v) is 7.48. The van der Waals surface area contributed by atoms with Crippen LogP contribution in [0, 0.1) is 17.0 Å². The average Bonchev–Trinajstić information content (AvgIpc) is 2.61. The molecule has 3 aromatic rings. The molecule has 0 aliphatic carbocycles. The summed E-state index contributed by atoms with van der Waals surface area (Å²) in [4.78, 5) is 27.7. The molecule has 8 heteroatoms. The normalized spacial score (nSPS) is 12.0. The zero-order valence-corrected chi connectivity index (χ0v) is 16.0. The third-order valence-corrected chi connectivity index (χ3v) is 4.41. The van der Waals surface area contributed by atoms with Crippen LogP contribution >= 0.6 is 0 Å². The number of benzene rings is 2. The molecule has 0 bridgehead atoms. The molecule has 0 radical (unpaired) electrons. The molecule has 0 atom stereocenters. The number of hydrogen-bond acceptors (Lipinski definition) is 6. The highest BCUT2D eigenvalue weighted by molar-refractivity contribution is 5.86. The number of phenols is 1. The van der Waals surface area contributed by atoms with Gasteiger partial charge in [0.1, 0.15) is 5.82 Å². The third kappa shape index (κ3) is 3.48. The number of aromatic hydroxyl groups is 1. The first-order valence-corrected chi connectivity index (χ1v) is 8.64. The van der Waals surface area contributed by atoms with Crippen LogP contribution in [0.4, 0.5) is 5.69 Å². The van der Waals surface area contributed by atoms with E-state index in [0.29, 0.717) is 22.3 Å². The van der Waals surface area contributed by atoms with Crippen molar-refractivity contribution >= 4 is 22.8 Å². The van der Waals surface area contributed by atoms with Gasteiger partial charge in [-0.25, -0.2) is 4.98 Å². The number of nitro groups is 1. The molecule has 8 nitrogen and oxygen atoms in total. The van der Waals surface area contributed by atoms with E-state index in [1.165, 1.54) is 12.3 Å². The number of aryl methyl sites for hydroxylation is 1. The summed E-state index contributed by atoms with van der Waals surface area (Å²) in [6.07, 6.45) is 1.24. The number of phenolic OH excluding ortho intramolecular Hbond substituents is 1. The minimum atomic E-state index is -0.642. The Labute approximate surface area is 160 Å². The summed E-state index contributed by atoms with van der Waals surface area (Å²) >= 11 is 0. The molecule has 2 aromatic carbocycles. The number of fused-ring (bicyclic) bond motifs is 1. The fraction of sp³-hybridized carbons (Fsp3) is 0.250. The largest absolute Gasteiger partial charge is 0.502 e. The smallest absolute Gasteiger partial charge is 0.311 e. The maximum absolute atomic E-state index is 12.7. The monoisotopic (exact) mass is 380 g/mol. The number of nitro benzene ring substituents is 1. The molecule has 0 aliphatic rings. The highest BCUT2D eigenvalue weighted by Gasteiger charge is 2.23. The summed E-state index contributed by atoms with van der Waals surface area (Å²) in [5.74, 6) is -0.137. The molecule has 144 valence electrons. The van der Waals surface area contributed by atoms with Crippen molar-refractivity contribution in [3.8, 4) is 5.75 Å². The molecule has 1 heterocycles. The second-order valence-electron chi connectivity index (χ2n) is 7.48. The van der Waals surface area contributed by atoms with Gasteiger partial charge in [-0.1, -0.05) is 32.9 Å². The zero-order valence-electron chi connectivity index (χ0n) is 16.0. The predicted octanol–water partition coefficient (Wildman–Crippen LogP) is 3.50. The van der Waals surface area contributed by atoms with E-state index in [4.69, 9.17) is 0 Å². The van der Waals surface area contributed by atoms with Crippen molar-refractivity contribution in [2.45, 2.75) is 33.1 Å². The molecule has 0 spiro atoms. The van der Waals surface area contributed by atoms with Gasteiger partial charge in [0.2, 0.25) is 5.75 Å². The van der Waals surface area contributed by atoms with Crippen molar-refractivity contribution in [3.05, 3.63) is 73.8 Å². The Hall–Kier alpha value is -3.55. The molecule has 1 N–H and O–H groups in total. The Morgan fingerprint density at radius 2 is 1.93 bits per heavy atom. The lowest BCUT2D eigenvalue weighted by atomic mass is 9.85. The van der Waals surface area contributed by atoms with Gasteiger partial charge in [-0.05, 0) is 36.1 Å². The van der Waals surface area contributed by atoms with Crippen LogP contribution in [0.15, 0.2) is 46.3 Å². The van der Waals surface area contributed by atoms with Crippen LogP contribution in [0.1, 0.15) is 37.7 Å². The van der Waals surface area contributed by atoms with Gasteiger partial charge in [0.05, 0.1) is 22.0 Å². The molecule has 0 unspecified atom stereocenters. The number of rotatable bonds is 3. The van der Waals surface area contributed by atoms with E-state index >= 15 is 0 Å². The summed E-state index contributed by atoms with van der Waals surface area (Å²) < 4.78 is 1.11. The lowest BCUT2D eigenvalue weighted by Gasteiger charge is -2.19. The Balaban J connectivity index is 2.18. The van der Waals surface area contributed by atoms with Gasteiger partial charge in [0.25, 0.3) is 5.56 Å². The second kappa shape index (κ2) is 6.88. The molecule has 0 saturated carbocycles. The van der Waals surface area contributed by atoms with Crippen LogP contribution in [0.25, 0.3) is 10.9 Å². The first kappa shape index (κ1) is 19.2. The maximum atomic E-state index is 12.7. The van der Waals surface area contributed by atoms with E-state index < -0.39 is 16.4 Å². The van der Waals surface area contributed by atoms with Crippen molar-refractivity contribution in [1.29, 1.82) is 0 Å². The van der Waals surface area contributed by atoms with Crippen LogP contribution in [0.3, 0.4) is 0 Å². The molecule has 0 fully saturated rings. The van der Waals surface area contributed by atoms with Crippen molar-refractivity contribution in [1.82, 2.24) is 9.66 Å². The molecule has 3 rings (SSSR count). The Morgan fingerprint density at radius 3 is 2.57 bits per heavy atom. The first-order chi connectivity index (χ1) is 13.1. The lowest BCUT2D eigenvalue weighted by Crippen LogP contribution is -2.20. The molecule has 28 heavy (non-hydrogen) atoms. The maximum Gasteiger partial charge on any atom is 0.311 e. The number of hydrogen-bond donors (Lipinski definition) is 1. The fourth-order valence-electron chi connectivity index (χ4n) is 2.80. The minimum absolute atomic E-state index is 0.151. The standard InChI is InChI=1S/C20H20N4O4/c1-12-22-16-8-6-5-7-15(16)19(26)23(12)21-11-13-9-14(20(2,3)4)10-17(18(13)25)24(27)28/h5-11,25H,1-4H3/b21-11+. The Morgan fingerprint density at radius 1 is 1.25 bits per heavy atom. The van der Waals surface area contributed by atoms with Crippen molar-refractivity contribution in [3.63, 3.8) is 0 Å². The van der Waals surface area contributed by atoms with Gasteiger partial charge in [-0.2, -0.15) is 9.78 Å². The predicted molar refractivity (Wildman–Crippen MR) is 107 cm³/mol. The third-order valence-electron chi connectivity index (χ3n) is 4.41. The van der Waals surface area contributed by atoms with E-state index in [1.807, 2.05) is 20.8 Å². The van der Waals surface area contributed by atoms with Crippen molar-refractivity contribution in [2.24, 2.45) is 5.10 Å². The Bertz CT molecular complexity index is 1170. The van der Waals surface area contributed by atoms with Crippen molar-refractivity contribution < 1.29 is 10.0 Å². The van der Waals surface area contributed by atoms with Gasteiger partial charge in [0, 0.05) is 11.6 Å². The zero-order chi connectivity index (χ0) is 20.6. The summed E-state index contributed by atoms with van der Waals surface area (Å²) in [6, 6.07) is 9.88. The minimum Gasteiger partial charge on any atom is -0.502 e. The van der Waals surface area contributed by atoms with Gasteiger partial charge in [-0.15, -0.1) is 0 Å². The van der Waals surface area contributed by atoms with Crippen LogP contribution in [-0.4, -0.2) is 25.9 Å². The number of para-hydroxylation sites is 1. The molecular weight excluding hydrogens is 360 g/mol. The van der Waals surface area contributed by atoms with Gasteiger partial charge < -0.3 is 5.11 Å². The average molecular weight is 380 g/mol. The summed E-state index contributed by atoms with van der Waals surface area (Å²) in [5, 5.41) is 26.2. The van der Waals surface area contributed by atoms with E-state index in [0.717, 1.165) is 4.68 Å². The van der Waals surface area contributed by atoms with E-state index in [1.54, 1.807) is 37.3 Å². The van der Waals surface area contributed by atoms with Gasteiger partial charge in [-0.3, -0.25) is 14.9 Å². The molecule has 1 aromatic heterocycles. The van der Waals surface area contributed by atoms with Crippen LogP contribution < -0.4 is 5.56 Å². The van der Waals surface area contributed by atoms with E-state index in [9.17, 15) is 20.0 Å². The highest BCUT2D eigenvalue weighted by atomic mass is 16.6. The quantitative estimate of drug-likeness (QED) is 0.425. The lowest BCUT2D eigenvalue weighted by molar-refractivity contribution is -0.386. The van der Waals surface area contributed by atoms with Crippen LogP contribution in [0.2, 0.25) is 0 Å². The van der Waals surface area contributed by atoms with Crippen LogP contribution in [0.5, 0.6) is 5.75 Å². The Kier molecular flexibility index (Phi) is 4.72. The fourth-order valence-corrected chi connectivity index (χ4v) is 2.80. The van der Waals surface area contributed by atoms with Gasteiger partial charge in [0.15, 0.2) is 0 Å². The molecule has 0 amide bonds. The van der Waals surface area contributed by atoms with E-state index in [2.05, 4.69) is 10.1 Å². The van der Waals surface area contributed by atoms with Crippen molar-refractivity contribution in [2.75, 3.05) is 0 Å². The molecular formula is C20H20N4O4. The van der Waals surface area contributed by atoms with Gasteiger partial charge >= 0.3 is 5.69 Å².